The van der Waals surface area contributed by atoms with Gasteiger partial charge in [-0.3, -0.25) is 9.79 Å². The molecule has 0 aliphatic carbocycles. The quantitative estimate of drug-likeness (QED) is 0.283. The standard InChI is InChI=1S/C23H40N6O.HI/c1-6-28-12-14-29(15-13-28)18-19(2)17-26-23(24-3)25-11-10-20-8-7-9-21(16-20)22(30)27(4)5;/h7-9,16,19H,6,10-15,17-18H2,1-5H3,(H2,24,25,26);1H. The summed E-state index contributed by atoms with van der Waals surface area (Å²) in [5.74, 6) is 1.43. The Bertz CT molecular complexity index is 688. The van der Waals surface area contributed by atoms with E-state index < -0.39 is 0 Å². The summed E-state index contributed by atoms with van der Waals surface area (Å²) in [7, 11) is 5.36. The van der Waals surface area contributed by atoms with Crippen LogP contribution in [-0.4, -0.2) is 100 Å². The number of rotatable bonds is 9. The van der Waals surface area contributed by atoms with Gasteiger partial charge in [-0.15, -0.1) is 24.0 Å². The van der Waals surface area contributed by atoms with Crippen LogP contribution in [0.4, 0.5) is 0 Å². The first-order chi connectivity index (χ1) is 14.4. The molecule has 1 aliphatic rings. The number of aliphatic imine (C=N–C) groups is 1. The van der Waals surface area contributed by atoms with Crippen molar-refractivity contribution < 1.29 is 4.79 Å². The lowest BCUT2D eigenvalue weighted by molar-refractivity contribution is 0.0827. The SMILES string of the molecule is CCN1CCN(CC(C)CNC(=NC)NCCc2cccc(C(=O)N(C)C)c2)CC1.I. The zero-order valence-electron chi connectivity index (χ0n) is 19.9. The van der Waals surface area contributed by atoms with E-state index in [4.69, 9.17) is 0 Å². The van der Waals surface area contributed by atoms with Gasteiger partial charge in [-0.25, -0.2) is 0 Å². The largest absolute Gasteiger partial charge is 0.356 e. The van der Waals surface area contributed by atoms with E-state index in [2.05, 4.69) is 45.3 Å². The number of carbonyl (C=O) groups excluding carboxylic acids is 1. The fourth-order valence-corrected chi connectivity index (χ4v) is 3.73. The number of hydrogen-bond acceptors (Lipinski definition) is 4. The van der Waals surface area contributed by atoms with Crippen LogP contribution in [0.2, 0.25) is 0 Å². The third kappa shape index (κ3) is 9.74. The van der Waals surface area contributed by atoms with Gasteiger partial charge in [-0.1, -0.05) is 26.0 Å². The third-order valence-electron chi connectivity index (χ3n) is 5.61. The number of piperazine rings is 1. The van der Waals surface area contributed by atoms with Crippen LogP contribution >= 0.6 is 24.0 Å². The first-order valence-corrected chi connectivity index (χ1v) is 11.1. The molecule has 2 N–H and O–H groups in total. The summed E-state index contributed by atoms with van der Waals surface area (Å²) in [6.07, 6.45) is 0.840. The van der Waals surface area contributed by atoms with E-state index in [0.717, 1.165) is 49.7 Å². The van der Waals surface area contributed by atoms with Crippen molar-refractivity contribution in [3.63, 3.8) is 0 Å². The zero-order chi connectivity index (χ0) is 21.9. The van der Waals surface area contributed by atoms with Crippen LogP contribution in [0.3, 0.4) is 0 Å². The van der Waals surface area contributed by atoms with Crippen molar-refractivity contribution >= 4 is 35.8 Å². The predicted molar refractivity (Wildman–Crippen MR) is 141 cm³/mol. The Balaban J connectivity index is 0.00000480. The topological polar surface area (TPSA) is 63.2 Å². The normalized spacial score (nSPS) is 16.4. The van der Waals surface area contributed by atoms with E-state index in [0.29, 0.717) is 5.92 Å². The molecular formula is C23H41IN6O. The Labute approximate surface area is 205 Å². The maximum Gasteiger partial charge on any atom is 0.253 e. The van der Waals surface area contributed by atoms with Gasteiger partial charge in [-0.05, 0) is 36.6 Å². The Hall–Kier alpha value is -1.39. The minimum Gasteiger partial charge on any atom is -0.356 e. The first kappa shape index (κ1) is 27.6. The molecule has 0 spiro atoms. The molecule has 31 heavy (non-hydrogen) atoms. The van der Waals surface area contributed by atoms with Gasteiger partial charge in [0.05, 0.1) is 0 Å². The summed E-state index contributed by atoms with van der Waals surface area (Å²) in [6, 6.07) is 7.84. The summed E-state index contributed by atoms with van der Waals surface area (Å²) in [5.41, 5.74) is 1.87. The molecule has 1 aromatic rings. The molecule has 1 atom stereocenters. The molecule has 7 nitrogen and oxygen atoms in total. The van der Waals surface area contributed by atoms with E-state index in [1.807, 2.05) is 18.2 Å². The second kappa shape index (κ2) is 14.6. The van der Waals surface area contributed by atoms with Crippen LogP contribution in [0.5, 0.6) is 0 Å². The van der Waals surface area contributed by atoms with Crippen molar-refractivity contribution in [2.24, 2.45) is 10.9 Å². The van der Waals surface area contributed by atoms with Crippen LogP contribution in [0, 0.1) is 5.92 Å². The highest BCUT2D eigenvalue weighted by Crippen LogP contribution is 2.08. The molecule has 0 radical (unpaired) electrons. The Morgan fingerprint density at radius 1 is 1.16 bits per heavy atom. The van der Waals surface area contributed by atoms with Crippen LogP contribution < -0.4 is 10.6 Å². The monoisotopic (exact) mass is 544 g/mol. The van der Waals surface area contributed by atoms with E-state index >= 15 is 0 Å². The number of nitrogens with zero attached hydrogens (tertiary/aromatic N) is 4. The number of nitrogens with one attached hydrogen (secondary N) is 2. The van der Waals surface area contributed by atoms with Crippen molar-refractivity contribution in [2.75, 3.05) is 73.5 Å². The van der Waals surface area contributed by atoms with Crippen LogP contribution in [0.1, 0.15) is 29.8 Å². The fraction of sp³-hybridized carbons (Fsp3) is 0.652. The number of amides is 1. The van der Waals surface area contributed by atoms with E-state index in [9.17, 15) is 4.79 Å². The highest BCUT2D eigenvalue weighted by molar-refractivity contribution is 14.0. The third-order valence-corrected chi connectivity index (χ3v) is 5.61. The molecule has 176 valence electrons. The molecule has 1 unspecified atom stereocenters. The molecule has 1 aromatic carbocycles. The Morgan fingerprint density at radius 2 is 1.84 bits per heavy atom. The molecule has 8 heteroatoms. The van der Waals surface area contributed by atoms with Crippen LogP contribution in [0.25, 0.3) is 0 Å². The second-order valence-corrected chi connectivity index (χ2v) is 8.37. The van der Waals surface area contributed by atoms with Gasteiger partial charge in [-0.2, -0.15) is 0 Å². The minimum absolute atomic E-state index is 0. The van der Waals surface area contributed by atoms with Crippen LogP contribution in [0.15, 0.2) is 29.3 Å². The van der Waals surface area contributed by atoms with E-state index in [1.165, 1.54) is 26.2 Å². The van der Waals surface area contributed by atoms with Crippen molar-refractivity contribution in [3.05, 3.63) is 35.4 Å². The van der Waals surface area contributed by atoms with Crippen LogP contribution in [-0.2, 0) is 6.42 Å². The average Bonchev–Trinajstić information content (AvgIpc) is 2.76. The first-order valence-electron chi connectivity index (χ1n) is 11.1. The van der Waals surface area contributed by atoms with Crippen molar-refractivity contribution in [1.29, 1.82) is 0 Å². The molecule has 0 bridgehead atoms. The summed E-state index contributed by atoms with van der Waals surface area (Å²) in [4.78, 5) is 23.1. The average molecular weight is 545 g/mol. The van der Waals surface area contributed by atoms with Crippen molar-refractivity contribution in [1.82, 2.24) is 25.3 Å². The van der Waals surface area contributed by atoms with Gasteiger partial charge in [0, 0.05) is 72.5 Å². The zero-order valence-corrected chi connectivity index (χ0v) is 22.2. The lowest BCUT2D eigenvalue weighted by atomic mass is 10.1. The van der Waals surface area contributed by atoms with Gasteiger partial charge >= 0.3 is 0 Å². The summed E-state index contributed by atoms with van der Waals surface area (Å²) < 4.78 is 0. The van der Waals surface area contributed by atoms with Gasteiger partial charge < -0.3 is 25.3 Å². The van der Waals surface area contributed by atoms with Crippen molar-refractivity contribution in [2.45, 2.75) is 20.3 Å². The summed E-state index contributed by atoms with van der Waals surface area (Å²) in [5, 5.41) is 6.84. The number of guanidine groups is 1. The van der Waals surface area contributed by atoms with Gasteiger partial charge in [0.15, 0.2) is 5.96 Å². The summed E-state index contributed by atoms with van der Waals surface area (Å²) >= 11 is 0. The fourth-order valence-electron chi connectivity index (χ4n) is 3.73. The summed E-state index contributed by atoms with van der Waals surface area (Å²) in [6.45, 7) is 13.2. The van der Waals surface area contributed by atoms with Gasteiger partial charge in [0.25, 0.3) is 5.91 Å². The Morgan fingerprint density at radius 3 is 2.45 bits per heavy atom. The molecule has 1 aliphatic heterocycles. The molecule has 0 aromatic heterocycles. The molecule has 1 amide bonds. The molecule has 2 rings (SSSR count). The molecule has 1 fully saturated rings. The maximum atomic E-state index is 12.1. The lowest BCUT2D eigenvalue weighted by Crippen LogP contribution is -2.48. The van der Waals surface area contributed by atoms with Gasteiger partial charge in [0.1, 0.15) is 0 Å². The number of likely N-dealkylation sites (N-methyl/N-ethyl adjacent to an activating group) is 1. The van der Waals surface area contributed by atoms with Gasteiger partial charge in [0.2, 0.25) is 0 Å². The minimum atomic E-state index is 0. The number of carbonyl (C=O) groups is 1. The number of benzene rings is 1. The van der Waals surface area contributed by atoms with Crippen molar-refractivity contribution in [3.8, 4) is 0 Å². The highest BCUT2D eigenvalue weighted by Gasteiger charge is 2.17. The number of hydrogen-bond donors (Lipinski definition) is 2. The lowest BCUT2D eigenvalue weighted by Gasteiger charge is -2.35. The molecule has 1 heterocycles. The smallest absolute Gasteiger partial charge is 0.253 e. The predicted octanol–water partition coefficient (Wildman–Crippen LogP) is 1.99. The second-order valence-electron chi connectivity index (χ2n) is 8.37. The molecular weight excluding hydrogens is 503 g/mol. The van der Waals surface area contributed by atoms with E-state index in [-0.39, 0.29) is 29.9 Å². The molecule has 1 saturated heterocycles. The number of halogens is 1. The molecule has 0 saturated carbocycles. The Kier molecular flexibility index (Phi) is 13.0. The maximum absolute atomic E-state index is 12.1. The highest BCUT2D eigenvalue weighted by atomic mass is 127. The van der Waals surface area contributed by atoms with E-state index in [1.54, 1.807) is 26.0 Å².